The summed E-state index contributed by atoms with van der Waals surface area (Å²) >= 11 is 1.58. The molecule has 3 nitrogen and oxygen atoms in total. The largest absolute Gasteiger partial charge is 0.366 e. The summed E-state index contributed by atoms with van der Waals surface area (Å²) in [4.78, 5) is 7.08. The van der Waals surface area contributed by atoms with E-state index in [1.54, 1.807) is 17.4 Å². The van der Waals surface area contributed by atoms with Crippen LogP contribution in [0.15, 0.2) is 42.5 Å². The molecule has 3 heterocycles. The average molecular weight is 363 g/mol. The molecule has 0 saturated carbocycles. The molecule has 0 amide bonds. The molecule has 2 aliphatic heterocycles. The van der Waals surface area contributed by atoms with E-state index in [1.807, 2.05) is 30.3 Å². The van der Waals surface area contributed by atoms with E-state index in [1.165, 1.54) is 6.07 Å². The van der Waals surface area contributed by atoms with Gasteiger partial charge in [-0.3, -0.25) is 0 Å². The number of aromatic nitrogens is 1. The number of nitrogens with zero attached hydrogens (tertiary/aromatic N) is 3. The summed E-state index contributed by atoms with van der Waals surface area (Å²) in [6, 6.07) is 15.9. The van der Waals surface area contributed by atoms with Gasteiger partial charge in [0, 0.05) is 24.2 Å². The molecule has 3 aromatic rings. The molecule has 1 aromatic heterocycles. The monoisotopic (exact) mass is 363 g/mol. The fourth-order valence-electron chi connectivity index (χ4n) is 4.56. The van der Waals surface area contributed by atoms with Crippen molar-refractivity contribution in [2.24, 2.45) is 0 Å². The number of anilines is 1. The van der Waals surface area contributed by atoms with Crippen LogP contribution in [0.3, 0.4) is 0 Å². The second-order valence-corrected chi connectivity index (χ2v) is 8.22. The Kier molecular flexibility index (Phi) is 3.51. The highest BCUT2D eigenvalue weighted by molar-refractivity contribution is 7.18. The fourth-order valence-corrected chi connectivity index (χ4v) is 5.72. The van der Waals surface area contributed by atoms with Gasteiger partial charge in [-0.25, -0.2) is 9.37 Å². The number of fused-ring (bicyclic) bond motifs is 4. The van der Waals surface area contributed by atoms with E-state index < -0.39 is 5.41 Å². The first kappa shape index (κ1) is 15.8. The standard InChI is InChI=1S/C21H18FN3S/c22-15-6-5-8-17-14(15)12-21(13-23,19-10-3-4-11-25(17)19)20-24-16-7-1-2-9-18(16)26-20/h1-2,5-9,19H,3-4,10-12H2/t19-,21-/m0/s1. The van der Waals surface area contributed by atoms with Crippen LogP contribution < -0.4 is 4.90 Å². The van der Waals surface area contributed by atoms with Gasteiger partial charge in [-0.15, -0.1) is 11.3 Å². The molecule has 0 bridgehead atoms. The van der Waals surface area contributed by atoms with Gasteiger partial charge in [0.1, 0.15) is 16.2 Å². The molecule has 0 radical (unpaired) electrons. The number of piperidine rings is 1. The topological polar surface area (TPSA) is 39.9 Å². The molecule has 5 heteroatoms. The van der Waals surface area contributed by atoms with E-state index in [0.717, 1.165) is 46.7 Å². The number of para-hydroxylation sites is 1. The highest BCUT2D eigenvalue weighted by Crippen LogP contribution is 2.48. The molecule has 0 spiro atoms. The number of thiazole rings is 1. The summed E-state index contributed by atoms with van der Waals surface area (Å²) in [7, 11) is 0. The van der Waals surface area contributed by atoms with E-state index in [0.29, 0.717) is 12.0 Å². The Balaban J connectivity index is 1.74. The molecule has 26 heavy (non-hydrogen) atoms. The molecule has 1 fully saturated rings. The van der Waals surface area contributed by atoms with Crippen molar-refractivity contribution in [3.8, 4) is 6.07 Å². The first-order valence-corrected chi connectivity index (χ1v) is 9.86. The quantitative estimate of drug-likeness (QED) is 0.623. The van der Waals surface area contributed by atoms with Crippen molar-refractivity contribution in [2.75, 3.05) is 11.4 Å². The van der Waals surface area contributed by atoms with E-state index in [2.05, 4.69) is 11.0 Å². The van der Waals surface area contributed by atoms with Gasteiger partial charge in [0.15, 0.2) is 0 Å². The van der Waals surface area contributed by atoms with Gasteiger partial charge in [-0.1, -0.05) is 18.2 Å². The summed E-state index contributed by atoms with van der Waals surface area (Å²) in [6.45, 7) is 0.870. The van der Waals surface area contributed by atoms with Crippen LogP contribution in [0.1, 0.15) is 29.8 Å². The molecule has 5 rings (SSSR count). The molecular weight excluding hydrogens is 345 g/mol. The van der Waals surface area contributed by atoms with Gasteiger partial charge < -0.3 is 4.90 Å². The minimum absolute atomic E-state index is 0.0520. The normalized spacial score (nSPS) is 24.8. The lowest BCUT2D eigenvalue weighted by atomic mass is 9.69. The van der Waals surface area contributed by atoms with Crippen molar-refractivity contribution >= 4 is 27.2 Å². The number of halogens is 1. The summed E-state index contributed by atoms with van der Waals surface area (Å²) in [5.41, 5.74) is 1.75. The Morgan fingerprint density at radius 3 is 2.92 bits per heavy atom. The number of hydrogen-bond donors (Lipinski definition) is 0. The average Bonchev–Trinajstić information content (AvgIpc) is 3.12. The lowest BCUT2D eigenvalue weighted by Gasteiger charge is -2.49. The molecule has 2 aliphatic rings. The van der Waals surface area contributed by atoms with Crippen molar-refractivity contribution in [3.05, 3.63) is 58.9 Å². The van der Waals surface area contributed by atoms with Crippen molar-refractivity contribution in [1.29, 1.82) is 5.26 Å². The Morgan fingerprint density at radius 1 is 1.19 bits per heavy atom. The van der Waals surface area contributed by atoms with E-state index in [9.17, 15) is 9.65 Å². The summed E-state index contributed by atoms with van der Waals surface area (Å²) in [5, 5.41) is 11.2. The van der Waals surface area contributed by atoms with Crippen LogP contribution in [-0.4, -0.2) is 17.6 Å². The molecule has 2 atom stereocenters. The minimum atomic E-state index is -0.792. The van der Waals surface area contributed by atoms with E-state index >= 15 is 0 Å². The smallest absolute Gasteiger partial charge is 0.133 e. The van der Waals surface area contributed by atoms with Crippen molar-refractivity contribution in [1.82, 2.24) is 4.98 Å². The predicted octanol–water partition coefficient (Wildman–Crippen LogP) is 4.81. The second-order valence-electron chi connectivity index (χ2n) is 7.19. The Morgan fingerprint density at radius 2 is 2.08 bits per heavy atom. The third-order valence-electron chi connectivity index (χ3n) is 5.81. The number of hydrogen-bond acceptors (Lipinski definition) is 4. The maximum absolute atomic E-state index is 14.7. The van der Waals surface area contributed by atoms with Gasteiger partial charge in [-0.2, -0.15) is 5.26 Å². The van der Waals surface area contributed by atoms with Crippen LogP contribution in [-0.2, 0) is 11.8 Å². The van der Waals surface area contributed by atoms with Crippen molar-refractivity contribution < 1.29 is 4.39 Å². The number of rotatable bonds is 1. The zero-order valence-corrected chi connectivity index (χ0v) is 15.1. The fraction of sp³-hybridized carbons (Fsp3) is 0.333. The van der Waals surface area contributed by atoms with Gasteiger partial charge >= 0.3 is 0 Å². The molecule has 1 saturated heterocycles. The number of nitriles is 1. The van der Waals surface area contributed by atoms with Gasteiger partial charge in [0.2, 0.25) is 0 Å². The summed E-state index contributed by atoms with van der Waals surface area (Å²) < 4.78 is 15.8. The van der Waals surface area contributed by atoms with Gasteiger partial charge in [-0.05, 0) is 43.5 Å². The highest BCUT2D eigenvalue weighted by atomic mass is 32.1. The highest BCUT2D eigenvalue weighted by Gasteiger charge is 2.51. The zero-order valence-electron chi connectivity index (χ0n) is 14.3. The zero-order chi connectivity index (χ0) is 17.7. The number of benzene rings is 2. The van der Waals surface area contributed by atoms with Crippen LogP contribution >= 0.6 is 11.3 Å². The van der Waals surface area contributed by atoms with Gasteiger partial charge in [0.25, 0.3) is 0 Å². The Bertz CT molecular complexity index is 1000. The lowest BCUT2D eigenvalue weighted by molar-refractivity contribution is 0.319. The Hall–Kier alpha value is -2.45. The van der Waals surface area contributed by atoms with Crippen LogP contribution in [0.25, 0.3) is 10.2 Å². The maximum atomic E-state index is 14.7. The molecular formula is C21H18FN3S. The second kappa shape index (κ2) is 5.78. The molecule has 0 N–H and O–H groups in total. The molecule has 130 valence electrons. The predicted molar refractivity (Wildman–Crippen MR) is 102 cm³/mol. The van der Waals surface area contributed by atoms with Crippen LogP contribution in [0.5, 0.6) is 0 Å². The first-order valence-electron chi connectivity index (χ1n) is 9.04. The van der Waals surface area contributed by atoms with Crippen LogP contribution in [0.4, 0.5) is 10.1 Å². The SMILES string of the molecule is N#C[C@@]1(c2nc3ccccc3s2)Cc2c(F)cccc2N2CCCC[C@H]21. The lowest BCUT2D eigenvalue weighted by Crippen LogP contribution is -2.57. The third-order valence-corrected chi connectivity index (χ3v) is 7.02. The molecule has 0 unspecified atom stereocenters. The molecule has 2 aromatic carbocycles. The van der Waals surface area contributed by atoms with Crippen molar-refractivity contribution in [3.63, 3.8) is 0 Å². The first-order chi connectivity index (χ1) is 12.7. The maximum Gasteiger partial charge on any atom is 0.133 e. The van der Waals surface area contributed by atoms with Crippen LogP contribution in [0.2, 0.25) is 0 Å². The van der Waals surface area contributed by atoms with E-state index in [4.69, 9.17) is 4.98 Å². The van der Waals surface area contributed by atoms with E-state index in [-0.39, 0.29) is 11.9 Å². The summed E-state index contributed by atoms with van der Waals surface area (Å²) in [6.07, 6.45) is 3.51. The minimum Gasteiger partial charge on any atom is -0.366 e. The van der Waals surface area contributed by atoms with Crippen molar-refractivity contribution in [2.45, 2.75) is 37.1 Å². The van der Waals surface area contributed by atoms with Crippen LogP contribution in [0, 0.1) is 17.1 Å². The molecule has 0 aliphatic carbocycles. The summed E-state index contributed by atoms with van der Waals surface area (Å²) in [5.74, 6) is -0.216. The van der Waals surface area contributed by atoms with Gasteiger partial charge in [0.05, 0.1) is 22.3 Å². The third kappa shape index (κ3) is 2.12. The Labute approximate surface area is 155 Å².